The van der Waals surface area contributed by atoms with E-state index in [1.165, 1.54) is 24.3 Å². The van der Waals surface area contributed by atoms with Crippen LogP contribution in [0.1, 0.15) is 31.8 Å². The first-order valence-corrected chi connectivity index (χ1v) is 9.22. The first-order chi connectivity index (χ1) is 14.4. The standard InChI is InChI=1S/C24H20N2O4/c1-16-9-11-17(12-10-16)13-14-22(27)25-19-6-4-5-18(15-19)23(28)26-21-8-3-2-7-20(21)24(29)30/h2-15H,1H3,(H,25,27)(H,26,28)(H,29,30)/b14-13+. The van der Waals surface area contributed by atoms with Crippen LogP contribution in [0.3, 0.4) is 0 Å². The SMILES string of the molecule is Cc1ccc(/C=C/C(=O)Nc2cccc(C(=O)Nc3ccccc3C(=O)O)c2)cc1. The molecule has 0 heterocycles. The van der Waals surface area contributed by atoms with Crippen LogP contribution in [0.25, 0.3) is 6.08 Å². The number of aromatic carboxylic acids is 1. The van der Waals surface area contributed by atoms with Gasteiger partial charge in [-0.25, -0.2) is 4.79 Å². The van der Waals surface area contributed by atoms with E-state index in [0.717, 1.165) is 11.1 Å². The highest BCUT2D eigenvalue weighted by molar-refractivity contribution is 6.09. The second-order valence-electron chi connectivity index (χ2n) is 6.62. The van der Waals surface area contributed by atoms with Crippen LogP contribution in [0.4, 0.5) is 11.4 Å². The van der Waals surface area contributed by atoms with Crippen molar-refractivity contribution < 1.29 is 19.5 Å². The summed E-state index contributed by atoms with van der Waals surface area (Å²) in [5.41, 5.74) is 2.98. The van der Waals surface area contributed by atoms with Crippen molar-refractivity contribution in [3.05, 3.63) is 101 Å². The third-order valence-electron chi connectivity index (χ3n) is 4.30. The van der Waals surface area contributed by atoms with Crippen molar-refractivity contribution in [2.75, 3.05) is 10.6 Å². The summed E-state index contributed by atoms with van der Waals surface area (Å²) < 4.78 is 0. The number of nitrogens with one attached hydrogen (secondary N) is 2. The minimum atomic E-state index is -1.13. The molecule has 0 aliphatic heterocycles. The molecule has 3 rings (SSSR count). The van der Waals surface area contributed by atoms with E-state index in [2.05, 4.69) is 10.6 Å². The van der Waals surface area contributed by atoms with Gasteiger partial charge in [-0.15, -0.1) is 0 Å². The summed E-state index contributed by atoms with van der Waals surface area (Å²) in [6, 6.07) is 20.3. The van der Waals surface area contributed by atoms with Gasteiger partial charge in [0.1, 0.15) is 0 Å². The number of carbonyl (C=O) groups is 3. The number of hydrogen-bond acceptors (Lipinski definition) is 3. The lowest BCUT2D eigenvalue weighted by Crippen LogP contribution is -2.15. The second-order valence-corrected chi connectivity index (χ2v) is 6.62. The quantitative estimate of drug-likeness (QED) is 0.527. The summed E-state index contributed by atoms with van der Waals surface area (Å²) in [6.07, 6.45) is 3.12. The van der Waals surface area contributed by atoms with Crippen LogP contribution in [0, 0.1) is 6.92 Å². The first-order valence-electron chi connectivity index (χ1n) is 9.22. The Balaban J connectivity index is 1.68. The number of carboxylic acids is 1. The van der Waals surface area contributed by atoms with Crippen LogP contribution in [0.5, 0.6) is 0 Å². The molecular weight excluding hydrogens is 380 g/mol. The molecule has 150 valence electrons. The Morgan fingerprint density at radius 3 is 2.33 bits per heavy atom. The van der Waals surface area contributed by atoms with Gasteiger partial charge in [0, 0.05) is 17.3 Å². The van der Waals surface area contributed by atoms with Gasteiger partial charge < -0.3 is 15.7 Å². The fourth-order valence-corrected chi connectivity index (χ4v) is 2.74. The second kappa shape index (κ2) is 9.34. The number of carbonyl (C=O) groups excluding carboxylic acids is 2. The van der Waals surface area contributed by atoms with Gasteiger partial charge in [0.05, 0.1) is 11.3 Å². The Labute approximate surface area is 173 Å². The molecule has 0 fully saturated rings. The largest absolute Gasteiger partial charge is 0.478 e. The van der Waals surface area contributed by atoms with Crippen molar-refractivity contribution in [3.8, 4) is 0 Å². The molecule has 0 saturated heterocycles. The van der Waals surface area contributed by atoms with E-state index in [-0.39, 0.29) is 22.7 Å². The lowest BCUT2D eigenvalue weighted by molar-refractivity contribution is -0.111. The molecule has 3 N–H and O–H groups in total. The maximum atomic E-state index is 12.5. The Hall–Kier alpha value is -4.19. The molecule has 0 bridgehead atoms. The molecule has 2 amide bonds. The Morgan fingerprint density at radius 1 is 0.867 bits per heavy atom. The predicted molar refractivity (Wildman–Crippen MR) is 117 cm³/mol. The lowest BCUT2D eigenvalue weighted by atomic mass is 10.1. The highest BCUT2D eigenvalue weighted by Crippen LogP contribution is 2.18. The Kier molecular flexibility index (Phi) is 6.39. The average Bonchev–Trinajstić information content (AvgIpc) is 2.74. The van der Waals surface area contributed by atoms with Gasteiger partial charge >= 0.3 is 5.97 Å². The zero-order valence-corrected chi connectivity index (χ0v) is 16.3. The van der Waals surface area contributed by atoms with Crippen molar-refractivity contribution in [3.63, 3.8) is 0 Å². The van der Waals surface area contributed by atoms with E-state index in [9.17, 15) is 19.5 Å². The maximum absolute atomic E-state index is 12.5. The number of hydrogen-bond donors (Lipinski definition) is 3. The van der Waals surface area contributed by atoms with Crippen molar-refractivity contribution >= 4 is 35.2 Å². The Morgan fingerprint density at radius 2 is 1.60 bits per heavy atom. The van der Waals surface area contributed by atoms with Crippen LogP contribution in [-0.4, -0.2) is 22.9 Å². The third kappa shape index (κ3) is 5.42. The zero-order chi connectivity index (χ0) is 21.5. The fourth-order valence-electron chi connectivity index (χ4n) is 2.74. The summed E-state index contributed by atoms with van der Waals surface area (Å²) in [6.45, 7) is 1.99. The van der Waals surface area contributed by atoms with Gasteiger partial charge in [0.2, 0.25) is 5.91 Å². The van der Waals surface area contributed by atoms with Crippen LogP contribution in [-0.2, 0) is 4.79 Å². The number of aryl methyl sites for hydroxylation is 1. The number of rotatable bonds is 6. The van der Waals surface area contributed by atoms with E-state index in [1.54, 1.807) is 36.4 Å². The van der Waals surface area contributed by atoms with Gasteiger partial charge in [-0.2, -0.15) is 0 Å². The first kappa shape index (κ1) is 20.5. The molecular formula is C24H20N2O4. The summed E-state index contributed by atoms with van der Waals surface area (Å²) in [4.78, 5) is 36.0. The molecule has 6 nitrogen and oxygen atoms in total. The van der Waals surface area contributed by atoms with Gasteiger partial charge in [0.25, 0.3) is 5.91 Å². The molecule has 3 aromatic rings. The van der Waals surface area contributed by atoms with Gasteiger partial charge in [0.15, 0.2) is 0 Å². The van der Waals surface area contributed by atoms with E-state index in [1.807, 2.05) is 31.2 Å². The fraction of sp³-hybridized carbons (Fsp3) is 0.0417. The average molecular weight is 400 g/mol. The van der Waals surface area contributed by atoms with Crippen molar-refractivity contribution in [1.29, 1.82) is 0 Å². The smallest absolute Gasteiger partial charge is 0.337 e. The van der Waals surface area contributed by atoms with Crippen molar-refractivity contribution in [2.24, 2.45) is 0 Å². The van der Waals surface area contributed by atoms with E-state index >= 15 is 0 Å². The number of para-hydroxylation sites is 1. The number of carboxylic acid groups (broad SMARTS) is 1. The van der Waals surface area contributed by atoms with Crippen LogP contribution >= 0.6 is 0 Å². The molecule has 0 atom stereocenters. The highest BCUT2D eigenvalue weighted by Gasteiger charge is 2.13. The van der Waals surface area contributed by atoms with Gasteiger partial charge in [-0.1, -0.05) is 48.0 Å². The lowest BCUT2D eigenvalue weighted by Gasteiger charge is -2.09. The van der Waals surface area contributed by atoms with Gasteiger partial charge in [-0.3, -0.25) is 9.59 Å². The van der Waals surface area contributed by atoms with Crippen LogP contribution in [0.2, 0.25) is 0 Å². The molecule has 0 aromatic heterocycles. The molecule has 0 unspecified atom stereocenters. The minimum Gasteiger partial charge on any atom is -0.478 e. The molecule has 0 spiro atoms. The third-order valence-corrected chi connectivity index (χ3v) is 4.30. The topological polar surface area (TPSA) is 95.5 Å². The maximum Gasteiger partial charge on any atom is 0.337 e. The predicted octanol–water partition coefficient (Wildman–Crippen LogP) is 4.60. The number of anilines is 2. The summed E-state index contributed by atoms with van der Waals surface area (Å²) in [5.74, 6) is -1.94. The molecule has 3 aromatic carbocycles. The van der Waals surface area contributed by atoms with E-state index < -0.39 is 11.9 Å². The summed E-state index contributed by atoms with van der Waals surface area (Å²) in [5, 5.41) is 14.5. The highest BCUT2D eigenvalue weighted by atomic mass is 16.4. The number of benzene rings is 3. The van der Waals surface area contributed by atoms with Gasteiger partial charge in [-0.05, 0) is 48.9 Å². The summed E-state index contributed by atoms with van der Waals surface area (Å²) in [7, 11) is 0. The zero-order valence-electron chi connectivity index (χ0n) is 16.3. The molecule has 0 aliphatic rings. The van der Waals surface area contributed by atoms with Crippen LogP contribution in [0.15, 0.2) is 78.9 Å². The minimum absolute atomic E-state index is 0.00319. The summed E-state index contributed by atoms with van der Waals surface area (Å²) >= 11 is 0. The number of amides is 2. The monoisotopic (exact) mass is 400 g/mol. The molecule has 0 saturated carbocycles. The molecule has 6 heteroatoms. The van der Waals surface area contributed by atoms with Crippen LogP contribution < -0.4 is 10.6 Å². The van der Waals surface area contributed by atoms with Crippen molar-refractivity contribution in [2.45, 2.75) is 6.92 Å². The Bertz CT molecular complexity index is 1120. The normalized spacial score (nSPS) is 10.6. The van der Waals surface area contributed by atoms with E-state index in [0.29, 0.717) is 5.69 Å². The van der Waals surface area contributed by atoms with E-state index in [4.69, 9.17) is 0 Å². The molecule has 30 heavy (non-hydrogen) atoms. The molecule has 0 radical (unpaired) electrons. The molecule has 0 aliphatic carbocycles. The van der Waals surface area contributed by atoms with Crippen molar-refractivity contribution in [1.82, 2.24) is 0 Å².